The lowest BCUT2D eigenvalue weighted by Crippen LogP contribution is -2.01. The lowest BCUT2D eigenvalue weighted by Gasteiger charge is -2.05. The topological polar surface area (TPSA) is 61.0 Å². The van der Waals surface area contributed by atoms with Gasteiger partial charge < -0.3 is 10.5 Å². The minimum Gasteiger partial charge on any atom is -0.384 e. The van der Waals surface area contributed by atoms with Gasteiger partial charge >= 0.3 is 0 Å². The van der Waals surface area contributed by atoms with Gasteiger partial charge in [0.2, 0.25) is 0 Å². The number of ether oxygens (including phenoxy) is 1. The second-order valence-corrected chi connectivity index (χ2v) is 3.55. The molecule has 17 heavy (non-hydrogen) atoms. The first-order valence-electron chi connectivity index (χ1n) is 5.07. The van der Waals surface area contributed by atoms with Gasteiger partial charge in [0.1, 0.15) is 11.6 Å². The predicted octanol–water partition coefficient (Wildman–Crippen LogP) is 2.01. The molecule has 1 heterocycles. The zero-order valence-electron chi connectivity index (χ0n) is 9.35. The van der Waals surface area contributed by atoms with E-state index >= 15 is 0 Å². The lowest BCUT2D eigenvalue weighted by atomic mass is 10.2. The van der Waals surface area contributed by atoms with Crippen molar-refractivity contribution in [2.24, 2.45) is 0 Å². The van der Waals surface area contributed by atoms with E-state index in [4.69, 9.17) is 10.5 Å². The number of aromatic nitrogens is 2. The van der Waals surface area contributed by atoms with Crippen molar-refractivity contribution in [3.63, 3.8) is 0 Å². The summed E-state index contributed by atoms with van der Waals surface area (Å²) in [6, 6.07) is 7.70. The summed E-state index contributed by atoms with van der Waals surface area (Å²) in [6.07, 6.45) is 0. The van der Waals surface area contributed by atoms with E-state index < -0.39 is 0 Å². The summed E-state index contributed by atoms with van der Waals surface area (Å²) >= 11 is 0. The molecule has 1 aromatic heterocycles. The summed E-state index contributed by atoms with van der Waals surface area (Å²) in [7, 11) is 1.57. The van der Waals surface area contributed by atoms with Crippen LogP contribution in [0.4, 0.5) is 10.2 Å². The first-order chi connectivity index (χ1) is 8.19. The Morgan fingerprint density at radius 1 is 1.29 bits per heavy atom. The van der Waals surface area contributed by atoms with Crippen molar-refractivity contribution in [3.05, 3.63) is 41.8 Å². The fraction of sp³-hybridized carbons (Fsp3) is 0.167. The van der Waals surface area contributed by atoms with E-state index in [9.17, 15) is 4.39 Å². The number of benzene rings is 1. The Hall–Kier alpha value is -2.01. The third kappa shape index (κ3) is 2.76. The molecule has 88 valence electrons. The van der Waals surface area contributed by atoms with Crippen molar-refractivity contribution < 1.29 is 9.13 Å². The fourth-order valence-corrected chi connectivity index (χ4v) is 1.50. The zero-order chi connectivity index (χ0) is 12.3. The van der Waals surface area contributed by atoms with Crippen molar-refractivity contribution in [1.82, 2.24) is 9.97 Å². The van der Waals surface area contributed by atoms with Crippen molar-refractivity contribution >= 4 is 5.82 Å². The van der Waals surface area contributed by atoms with E-state index in [0.29, 0.717) is 29.5 Å². The number of hydrogen-bond donors (Lipinski definition) is 1. The number of anilines is 1. The smallest absolute Gasteiger partial charge is 0.161 e. The van der Waals surface area contributed by atoms with Gasteiger partial charge in [0.25, 0.3) is 0 Å². The van der Waals surface area contributed by atoms with Crippen LogP contribution >= 0.6 is 0 Å². The standard InChI is InChI=1S/C12H12FN3O/c1-17-7-10-6-11(14)16-12(15-10)8-3-2-4-9(13)5-8/h2-6H,7H2,1H3,(H2,14,15,16). The van der Waals surface area contributed by atoms with Crippen LogP contribution in [0.25, 0.3) is 11.4 Å². The van der Waals surface area contributed by atoms with Crippen molar-refractivity contribution in [1.29, 1.82) is 0 Å². The van der Waals surface area contributed by atoms with Crippen LogP contribution in [-0.4, -0.2) is 17.1 Å². The molecule has 0 unspecified atom stereocenters. The highest BCUT2D eigenvalue weighted by Crippen LogP contribution is 2.18. The molecule has 0 aliphatic rings. The molecular weight excluding hydrogens is 221 g/mol. The molecule has 0 radical (unpaired) electrons. The number of nitrogens with two attached hydrogens (primary N) is 1. The minimum atomic E-state index is -0.332. The summed E-state index contributed by atoms with van der Waals surface area (Å²) in [5.41, 5.74) is 6.92. The van der Waals surface area contributed by atoms with Gasteiger partial charge in [-0.2, -0.15) is 0 Å². The second-order valence-electron chi connectivity index (χ2n) is 3.55. The van der Waals surface area contributed by atoms with Crippen LogP contribution in [0, 0.1) is 5.82 Å². The van der Waals surface area contributed by atoms with Crippen LogP contribution in [0.1, 0.15) is 5.69 Å². The Morgan fingerprint density at radius 3 is 2.82 bits per heavy atom. The van der Waals surface area contributed by atoms with E-state index in [1.807, 2.05) is 0 Å². The molecule has 0 aliphatic carbocycles. The Labute approximate surface area is 98.3 Å². The lowest BCUT2D eigenvalue weighted by molar-refractivity contribution is 0.181. The number of nitrogen functional groups attached to an aromatic ring is 1. The summed E-state index contributed by atoms with van der Waals surface area (Å²) < 4.78 is 18.1. The van der Waals surface area contributed by atoms with Gasteiger partial charge in [-0.25, -0.2) is 14.4 Å². The van der Waals surface area contributed by atoms with Crippen LogP contribution in [0.15, 0.2) is 30.3 Å². The molecule has 0 atom stereocenters. The van der Waals surface area contributed by atoms with Crippen molar-refractivity contribution in [2.45, 2.75) is 6.61 Å². The average Bonchev–Trinajstić information content (AvgIpc) is 2.28. The maximum absolute atomic E-state index is 13.1. The van der Waals surface area contributed by atoms with E-state index in [2.05, 4.69) is 9.97 Å². The largest absolute Gasteiger partial charge is 0.384 e. The highest BCUT2D eigenvalue weighted by molar-refractivity contribution is 5.56. The molecule has 0 spiro atoms. The van der Waals surface area contributed by atoms with Gasteiger partial charge in [0, 0.05) is 18.7 Å². The van der Waals surface area contributed by atoms with Crippen LogP contribution < -0.4 is 5.73 Å². The number of nitrogens with zero attached hydrogens (tertiary/aromatic N) is 2. The van der Waals surface area contributed by atoms with Gasteiger partial charge in [0.05, 0.1) is 12.3 Å². The molecule has 0 aliphatic heterocycles. The molecule has 1 aromatic carbocycles. The first-order valence-corrected chi connectivity index (χ1v) is 5.07. The van der Waals surface area contributed by atoms with Crippen LogP contribution in [-0.2, 0) is 11.3 Å². The second kappa shape index (κ2) is 4.88. The average molecular weight is 233 g/mol. The summed E-state index contributed by atoms with van der Waals surface area (Å²) in [5, 5.41) is 0. The van der Waals surface area contributed by atoms with Gasteiger partial charge in [-0.3, -0.25) is 0 Å². The summed E-state index contributed by atoms with van der Waals surface area (Å²) in [6.45, 7) is 0.342. The van der Waals surface area contributed by atoms with Crippen molar-refractivity contribution in [2.75, 3.05) is 12.8 Å². The Balaban J connectivity index is 2.44. The van der Waals surface area contributed by atoms with Gasteiger partial charge in [-0.1, -0.05) is 12.1 Å². The Morgan fingerprint density at radius 2 is 2.12 bits per heavy atom. The molecule has 2 N–H and O–H groups in total. The molecule has 0 amide bonds. The third-order valence-electron chi connectivity index (χ3n) is 2.17. The predicted molar refractivity (Wildman–Crippen MR) is 62.6 cm³/mol. The van der Waals surface area contributed by atoms with E-state index in [0.717, 1.165) is 0 Å². The fourth-order valence-electron chi connectivity index (χ4n) is 1.50. The molecule has 5 heteroatoms. The molecule has 2 rings (SSSR count). The highest BCUT2D eigenvalue weighted by Gasteiger charge is 2.06. The van der Waals surface area contributed by atoms with Crippen molar-refractivity contribution in [3.8, 4) is 11.4 Å². The zero-order valence-corrected chi connectivity index (χ0v) is 9.35. The Kier molecular flexibility index (Phi) is 3.30. The molecular formula is C12H12FN3O. The third-order valence-corrected chi connectivity index (χ3v) is 2.17. The molecule has 2 aromatic rings. The maximum atomic E-state index is 13.1. The van der Waals surface area contributed by atoms with Crippen LogP contribution in [0.5, 0.6) is 0 Å². The van der Waals surface area contributed by atoms with Crippen LogP contribution in [0.3, 0.4) is 0 Å². The SMILES string of the molecule is COCc1cc(N)nc(-c2cccc(F)c2)n1. The molecule has 0 bridgehead atoms. The van der Waals surface area contributed by atoms with E-state index in [-0.39, 0.29) is 5.82 Å². The van der Waals surface area contributed by atoms with Crippen LogP contribution in [0.2, 0.25) is 0 Å². The molecule has 0 saturated carbocycles. The van der Waals surface area contributed by atoms with E-state index in [1.165, 1.54) is 12.1 Å². The number of methoxy groups -OCH3 is 1. The highest BCUT2D eigenvalue weighted by atomic mass is 19.1. The number of halogens is 1. The normalized spacial score (nSPS) is 10.5. The molecule has 4 nitrogen and oxygen atoms in total. The number of rotatable bonds is 3. The first kappa shape index (κ1) is 11.5. The number of hydrogen-bond acceptors (Lipinski definition) is 4. The minimum absolute atomic E-state index is 0.332. The summed E-state index contributed by atoms with van der Waals surface area (Å²) in [5.74, 6) is 0.407. The quantitative estimate of drug-likeness (QED) is 0.880. The summed E-state index contributed by atoms with van der Waals surface area (Å²) in [4.78, 5) is 8.32. The molecule has 0 fully saturated rings. The molecule has 0 saturated heterocycles. The van der Waals surface area contributed by atoms with Gasteiger partial charge in [-0.15, -0.1) is 0 Å². The van der Waals surface area contributed by atoms with Gasteiger partial charge in [0.15, 0.2) is 5.82 Å². The van der Waals surface area contributed by atoms with Gasteiger partial charge in [-0.05, 0) is 12.1 Å². The maximum Gasteiger partial charge on any atom is 0.161 e. The Bertz CT molecular complexity index is 531. The monoisotopic (exact) mass is 233 g/mol. The van der Waals surface area contributed by atoms with E-state index in [1.54, 1.807) is 25.3 Å².